The number of pyridine rings is 1. The monoisotopic (exact) mass is 234 g/mol. The summed E-state index contributed by atoms with van der Waals surface area (Å²) < 4.78 is 4.39. The molecule has 0 aromatic carbocycles. The van der Waals surface area contributed by atoms with Gasteiger partial charge in [-0.1, -0.05) is 0 Å². The van der Waals surface area contributed by atoms with Crippen molar-refractivity contribution in [2.45, 2.75) is 6.92 Å². The topological polar surface area (TPSA) is 105 Å². The molecule has 1 aromatic rings. The van der Waals surface area contributed by atoms with Crippen molar-refractivity contribution in [3.63, 3.8) is 0 Å². The predicted octanol–water partition coefficient (Wildman–Crippen LogP) is -2.84. The molecule has 0 unspecified atom stereocenters. The number of aromatic nitrogens is 1. The molecule has 16 heavy (non-hydrogen) atoms. The van der Waals surface area contributed by atoms with Crippen LogP contribution in [0, 0.1) is 17.0 Å². The van der Waals surface area contributed by atoms with Crippen LogP contribution in [0.4, 0.5) is 5.69 Å². The van der Waals surface area contributed by atoms with Gasteiger partial charge in [0.2, 0.25) is 0 Å². The van der Waals surface area contributed by atoms with Gasteiger partial charge in [-0.15, -0.1) is 0 Å². The van der Waals surface area contributed by atoms with Crippen LogP contribution >= 0.6 is 0 Å². The minimum Gasteiger partial charge on any atom is -0.854 e. The number of nitro groups is 1. The van der Waals surface area contributed by atoms with Crippen LogP contribution in [-0.4, -0.2) is 23.0 Å². The number of hydrogen-bond acceptors (Lipinski definition) is 6. The summed E-state index contributed by atoms with van der Waals surface area (Å²) in [5.74, 6) is -1.73. The van der Waals surface area contributed by atoms with E-state index in [1.807, 2.05) is 0 Å². The first-order valence-electron chi connectivity index (χ1n) is 3.88. The number of esters is 1. The molecule has 80 valence electrons. The molecule has 0 N–H and O–H groups in total. The zero-order valence-electron chi connectivity index (χ0n) is 9.01. The van der Waals surface area contributed by atoms with Crippen LogP contribution < -0.4 is 34.7 Å². The Hall–Kier alpha value is -1.18. The van der Waals surface area contributed by atoms with Crippen LogP contribution in [0.25, 0.3) is 0 Å². The van der Waals surface area contributed by atoms with Crippen molar-refractivity contribution < 1.29 is 49.1 Å². The molecule has 0 aliphatic carbocycles. The maximum atomic E-state index is 11.1. The Morgan fingerprint density at radius 2 is 2.12 bits per heavy atom. The normalized spacial score (nSPS) is 9.12. The van der Waals surface area contributed by atoms with Gasteiger partial charge in [0.05, 0.1) is 29.2 Å². The number of ether oxygens (including phenoxy) is 1. The van der Waals surface area contributed by atoms with E-state index < -0.39 is 22.5 Å². The average molecular weight is 234 g/mol. The molecule has 0 atom stereocenters. The standard InChI is InChI=1S/C8H8N2O5.Na/c1-4-5(8(12)15-2)3-6(10(13)14)7(11)9-4;/h3H,1-2H3,(H,9,11);/q;+1/p-1. The fourth-order valence-electron chi connectivity index (χ4n) is 1.02. The molecular formula is C8H7N2NaO5. The van der Waals surface area contributed by atoms with Crippen LogP contribution in [0.5, 0.6) is 5.88 Å². The first-order valence-corrected chi connectivity index (χ1v) is 3.88. The summed E-state index contributed by atoms with van der Waals surface area (Å²) in [4.78, 5) is 24.0. The van der Waals surface area contributed by atoms with Gasteiger partial charge in [0.25, 0.3) is 5.69 Å². The zero-order chi connectivity index (χ0) is 11.6. The molecule has 1 aromatic heterocycles. The summed E-state index contributed by atoms with van der Waals surface area (Å²) in [5, 5.41) is 21.4. The van der Waals surface area contributed by atoms with Crippen molar-refractivity contribution >= 4 is 11.7 Å². The summed E-state index contributed by atoms with van der Waals surface area (Å²) in [6.45, 7) is 1.40. The SMILES string of the molecule is COC(=O)c1cc([N+](=O)[O-])c([O-])nc1C.[Na+]. The molecule has 0 spiro atoms. The Balaban J connectivity index is 0.00000225. The van der Waals surface area contributed by atoms with E-state index in [-0.39, 0.29) is 40.8 Å². The summed E-state index contributed by atoms with van der Waals surface area (Å²) in [7, 11) is 1.14. The molecule has 1 heterocycles. The minimum atomic E-state index is -0.967. The van der Waals surface area contributed by atoms with Crippen LogP contribution in [0.15, 0.2) is 6.07 Å². The van der Waals surface area contributed by atoms with Gasteiger partial charge in [-0.3, -0.25) is 15.1 Å². The number of nitrogens with zero attached hydrogens (tertiary/aromatic N) is 2. The van der Waals surface area contributed by atoms with E-state index in [0.29, 0.717) is 0 Å². The maximum absolute atomic E-state index is 11.1. The largest absolute Gasteiger partial charge is 1.00 e. The molecule has 0 radical (unpaired) electrons. The fraction of sp³-hybridized carbons (Fsp3) is 0.250. The number of hydrogen-bond donors (Lipinski definition) is 0. The molecule has 0 fully saturated rings. The van der Waals surface area contributed by atoms with Crippen LogP contribution in [-0.2, 0) is 4.74 Å². The number of carbonyl (C=O) groups excluding carboxylic acids is 1. The predicted molar refractivity (Wildman–Crippen MR) is 46.4 cm³/mol. The van der Waals surface area contributed by atoms with Crippen LogP contribution in [0.2, 0.25) is 0 Å². The Morgan fingerprint density at radius 3 is 2.56 bits per heavy atom. The summed E-state index contributed by atoms with van der Waals surface area (Å²) in [6.07, 6.45) is 0. The Labute approximate surface area is 113 Å². The molecule has 0 amide bonds. The first-order chi connectivity index (χ1) is 6.97. The third-order valence-electron chi connectivity index (χ3n) is 1.76. The van der Waals surface area contributed by atoms with E-state index in [1.165, 1.54) is 6.92 Å². The average Bonchev–Trinajstić information content (AvgIpc) is 2.16. The van der Waals surface area contributed by atoms with E-state index in [9.17, 15) is 20.0 Å². The van der Waals surface area contributed by atoms with Gasteiger partial charge in [-0.2, -0.15) is 0 Å². The zero-order valence-corrected chi connectivity index (χ0v) is 11.0. The van der Waals surface area contributed by atoms with E-state index in [2.05, 4.69) is 9.72 Å². The van der Waals surface area contributed by atoms with Gasteiger partial charge in [-0.25, -0.2) is 4.79 Å². The first kappa shape index (κ1) is 14.8. The van der Waals surface area contributed by atoms with Gasteiger partial charge < -0.3 is 9.84 Å². The molecule has 0 aliphatic heterocycles. The fourth-order valence-corrected chi connectivity index (χ4v) is 1.02. The number of rotatable bonds is 2. The van der Waals surface area contributed by atoms with Crippen molar-refractivity contribution in [3.05, 3.63) is 27.4 Å². The molecule has 0 aliphatic rings. The van der Waals surface area contributed by atoms with Gasteiger partial charge in [0, 0.05) is 6.07 Å². The molecule has 7 nitrogen and oxygen atoms in total. The van der Waals surface area contributed by atoms with E-state index in [0.717, 1.165) is 13.2 Å². The number of methoxy groups -OCH3 is 1. The van der Waals surface area contributed by atoms with E-state index in [4.69, 9.17) is 0 Å². The smallest absolute Gasteiger partial charge is 0.854 e. The molecular weight excluding hydrogens is 227 g/mol. The van der Waals surface area contributed by atoms with Crippen LogP contribution in [0.1, 0.15) is 16.1 Å². The number of carbonyl (C=O) groups is 1. The summed E-state index contributed by atoms with van der Waals surface area (Å²) in [5.41, 5.74) is -0.706. The molecule has 8 heteroatoms. The second-order valence-corrected chi connectivity index (χ2v) is 2.69. The third-order valence-corrected chi connectivity index (χ3v) is 1.76. The van der Waals surface area contributed by atoms with Crippen molar-refractivity contribution in [2.24, 2.45) is 0 Å². The molecule has 1 rings (SSSR count). The summed E-state index contributed by atoms with van der Waals surface area (Å²) >= 11 is 0. The van der Waals surface area contributed by atoms with E-state index >= 15 is 0 Å². The van der Waals surface area contributed by atoms with Gasteiger partial charge >= 0.3 is 35.5 Å². The molecule has 0 saturated heterocycles. The maximum Gasteiger partial charge on any atom is 1.00 e. The third kappa shape index (κ3) is 2.91. The Kier molecular flexibility index (Phi) is 5.36. The van der Waals surface area contributed by atoms with Crippen molar-refractivity contribution in [1.29, 1.82) is 0 Å². The van der Waals surface area contributed by atoms with Gasteiger partial charge in [-0.05, 0) is 6.92 Å². The molecule has 0 saturated carbocycles. The quantitative estimate of drug-likeness (QED) is 0.236. The Morgan fingerprint density at radius 1 is 1.56 bits per heavy atom. The van der Waals surface area contributed by atoms with Crippen molar-refractivity contribution in [2.75, 3.05) is 7.11 Å². The minimum absolute atomic E-state index is 0. The van der Waals surface area contributed by atoms with Crippen molar-refractivity contribution in [1.82, 2.24) is 4.98 Å². The molecule has 0 bridgehead atoms. The Bertz CT molecular complexity index is 435. The second kappa shape index (κ2) is 5.78. The van der Waals surface area contributed by atoms with Crippen LogP contribution in [0.3, 0.4) is 0 Å². The van der Waals surface area contributed by atoms with Crippen molar-refractivity contribution in [3.8, 4) is 5.88 Å². The van der Waals surface area contributed by atoms with Gasteiger partial charge in [0.15, 0.2) is 0 Å². The second-order valence-electron chi connectivity index (χ2n) is 2.69. The number of aryl methyl sites for hydroxylation is 1. The summed E-state index contributed by atoms with van der Waals surface area (Å²) in [6, 6.07) is 0.872. The van der Waals surface area contributed by atoms with E-state index in [1.54, 1.807) is 0 Å². The van der Waals surface area contributed by atoms with Gasteiger partial charge in [0.1, 0.15) is 0 Å².